The van der Waals surface area contributed by atoms with Crippen molar-refractivity contribution >= 4 is 13.6 Å². The Balaban J connectivity index is 2.38. The summed E-state index contributed by atoms with van der Waals surface area (Å²) in [7, 11) is -4.43. The Hall–Kier alpha value is -1.16. The molecule has 1 aromatic carbocycles. The number of carbonyl (C=O) groups is 1. The largest absolute Gasteiger partial charge is 0.426 e. The molecule has 1 aliphatic heterocycles. The van der Waals surface area contributed by atoms with Gasteiger partial charge in [-0.25, -0.2) is 0 Å². The van der Waals surface area contributed by atoms with Gasteiger partial charge >= 0.3 is 13.6 Å². The molecule has 1 aliphatic rings. The van der Waals surface area contributed by atoms with Gasteiger partial charge in [-0.2, -0.15) is 0 Å². The highest BCUT2D eigenvalue weighted by atomic mass is 31.2. The molecule has 0 saturated carbocycles. The van der Waals surface area contributed by atoms with Crippen molar-refractivity contribution in [1.29, 1.82) is 0 Å². The Labute approximate surface area is 85.8 Å². The summed E-state index contributed by atoms with van der Waals surface area (Å²) in [5, 5.41) is 0. The molecule has 1 unspecified atom stereocenters. The van der Waals surface area contributed by atoms with Crippen molar-refractivity contribution in [2.75, 3.05) is 0 Å². The van der Waals surface area contributed by atoms with Crippen LogP contribution in [0.3, 0.4) is 0 Å². The van der Waals surface area contributed by atoms with Crippen LogP contribution in [0.1, 0.15) is 5.56 Å². The molecule has 1 atom stereocenters. The first kappa shape index (κ1) is 10.4. The zero-order valence-electron chi connectivity index (χ0n) is 7.66. The molecule has 6 heteroatoms. The van der Waals surface area contributed by atoms with Crippen LogP contribution in [-0.2, 0) is 15.8 Å². The molecular weight excluding hydrogens is 219 g/mol. The standard InChI is InChI=1S/C9H9O5P/c10-9-8(15(11,12)13)5-6-3-1-2-4-7(6)14-9/h1-4,8H,5H2,(H2,11,12,13). The number of rotatable bonds is 1. The van der Waals surface area contributed by atoms with Gasteiger partial charge in [0.25, 0.3) is 0 Å². The van der Waals surface area contributed by atoms with E-state index >= 15 is 0 Å². The summed E-state index contributed by atoms with van der Waals surface area (Å²) in [5.41, 5.74) is -0.724. The molecule has 2 rings (SSSR count). The maximum absolute atomic E-state index is 11.3. The van der Waals surface area contributed by atoms with Gasteiger partial charge in [0, 0.05) is 6.42 Å². The topological polar surface area (TPSA) is 83.8 Å². The lowest BCUT2D eigenvalue weighted by molar-refractivity contribution is -0.135. The van der Waals surface area contributed by atoms with Gasteiger partial charge in [0.15, 0.2) is 5.66 Å². The van der Waals surface area contributed by atoms with Gasteiger partial charge in [-0.1, -0.05) is 18.2 Å². The lowest BCUT2D eigenvalue weighted by Gasteiger charge is -2.23. The van der Waals surface area contributed by atoms with E-state index in [1.54, 1.807) is 24.3 Å². The van der Waals surface area contributed by atoms with Gasteiger partial charge in [-0.05, 0) is 11.6 Å². The second-order valence-corrected chi connectivity index (χ2v) is 5.14. The minimum absolute atomic E-state index is 0.0271. The molecule has 0 amide bonds. The molecule has 0 spiro atoms. The Morgan fingerprint density at radius 3 is 2.67 bits per heavy atom. The number of ether oxygens (including phenoxy) is 1. The first-order chi connectivity index (χ1) is 6.98. The van der Waals surface area contributed by atoms with E-state index in [9.17, 15) is 9.36 Å². The molecule has 15 heavy (non-hydrogen) atoms. The molecule has 80 valence electrons. The highest BCUT2D eigenvalue weighted by molar-refractivity contribution is 7.53. The number of carbonyl (C=O) groups excluding carboxylic acids is 1. The summed E-state index contributed by atoms with van der Waals surface area (Å²) in [5.74, 6) is -0.478. The van der Waals surface area contributed by atoms with Gasteiger partial charge in [0.05, 0.1) is 0 Å². The zero-order chi connectivity index (χ0) is 11.1. The molecular formula is C9H9O5P. The van der Waals surface area contributed by atoms with Crippen LogP contribution in [0.15, 0.2) is 24.3 Å². The van der Waals surface area contributed by atoms with E-state index in [1.165, 1.54) is 0 Å². The van der Waals surface area contributed by atoms with Crippen molar-refractivity contribution in [3.05, 3.63) is 29.8 Å². The number of fused-ring (bicyclic) bond motifs is 1. The molecule has 0 bridgehead atoms. The molecule has 1 heterocycles. The van der Waals surface area contributed by atoms with Gasteiger partial charge < -0.3 is 14.5 Å². The summed E-state index contributed by atoms with van der Waals surface area (Å²) in [6.07, 6.45) is 0.0271. The molecule has 0 aromatic heterocycles. The van der Waals surface area contributed by atoms with Crippen LogP contribution in [0.25, 0.3) is 0 Å². The lowest BCUT2D eigenvalue weighted by atomic mass is 10.1. The van der Waals surface area contributed by atoms with Crippen LogP contribution >= 0.6 is 7.60 Å². The van der Waals surface area contributed by atoms with Crippen molar-refractivity contribution in [1.82, 2.24) is 0 Å². The predicted octanol–water partition coefficient (Wildman–Crippen LogP) is 0.694. The monoisotopic (exact) mass is 228 g/mol. The SMILES string of the molecule is O=C1Oc2ccccc2CC1P(=O)(O)O. The summed E-state index contributed by atoms with van der Waals surface area (Å²) in [6, 6.07) is 6.71. The van der Waals surface area contributed by atoms with E-state index in [0.717, 1.165) is 0 Å². The Morgan fingerprint density at radius 2 is 2.00 bits per heavy atom. The Kier molecular flexibility index (Phi) is 2.38. The van der Waals surface area contributed by atoms with Crippen molar-refractivity contribution < 1.29 is 23.9 Å². The normalized spacial score (nSPS) is 20.7. The number of hydrogen-bond donors (Lipinski definition) is 2. The van der Waals surface area contributed by atoms with E-state index in [0.29, 0.717) is 11.3 Å². The zero-order valence-corrected chi connectivity index (χ0v) is 8.55. The quantitative estimate of drug-likeness (QED) is 0.419. The Morgan fingerprint density at radius 1 is 1.33 bits per heavy atom. The summed E-state index contributed by atoms with van der Waals surface area (Å²) < 4.78 is 15.8. The fourth-order valence-corrected chi connectivity index (χ4v) is 2.26. The highest BCUT2D eigenvalue weighted by Gasteiger charge is 2.40. The van der Waals surface area contributed by atoms with Crippen molar-refractivity contribution in [2.24, 2.45) is 0 Å². The molecule has 1 aromatic rings. The molecule has 0 fully saturated rings. The van der Waals surface area contributed by atoms with Gasteiger partial charge in [-0.15, -0.1) is 0 Å². The number of hydrogen-bond acceptors (Lipinski definition) is 3. The van der Waals surface area contributed by atoms with Crippen LogP contribution in [-0.4, -0.2) is 21.4 Å². The van der Waals surface area contributed by atoms with E-state index in [4.69, 9.17) is 14.5 Å². The molecule has 0 saturated heterocycles. The highest BCUT2D eigenvalue weighted by Crippen LogP contribution is 2.46. The average molecular weight is 228 g/mol. The average Bonchev–Trinajstić information content (AvgIpc) is 2.15. The van der Waals surface area contributed by atoms with Gasteiger partial charge in [0.1, 0.15) is 5.75 Å². The van der Waals surface area contributed by atoms with Crippen LogP contribution < -0.4 is 4.74 Å². The van der Waals surface area contributed by atoms with E-state index in [1.807, 2.05) is 0 Å². The van der Waals surface area contributed by atoms with Gasteiger partial charge in [0.2, 0.25) is 0 Å². The third-order valence-electron chi connectivity index (χ3n) is 2.27. The molecule has 5 nitrogen and oxygen atoms in total. The van der Waals surface area contributed by atoms with E-state index < -0.39 is 19.2 Å². The predicted molar refractivity (Wildman–Crippen MR) is 51.6 cm³/mol. The second kappa shape index (κ2) is 3.45. The Bertz CT molecular complexity index is 450. The summed E-state index contributed by atoms with van der Waals surface area (Å²) in [4.78, 5) is 29.2. The maximum atomic E-state index is 11.3. The van der Waals surface area contributed by atoms with E-state index in [2.05, 4.69) is 0 Å². The van der Waals surface area contributed by atoms with Gasteiger partial charge in [-0.3, -0.25) is 9.36 Å². The maximum Gasteiger partial charge on any atom is 0.340 e. The van der Waals surface area contributed by atoms with Crippen molar-refractivity contribution in [3.63, 3.8) is 0 Å². The molecule has 0 radical (unpaired) electrons. The van der Waals surface area contributed by atoms with Crippen LogP contribution in [0, 0.1) is 0 Å². The van der Waals surface area contributed by atoms with E-state index in [-0.39, 0.29) is 6.42 Å². The summed E-state index contributed by atoms with van der Waals surface area (Å²) >= 11 is 0. The third-order valence-corrected chi connectivity index (χ3v) is 3.48. The second-order valence-electron chi connectivity index (χ2n) is 3.34. The fourth-order valence-electron chi connectivity index (χ4n) is 1.50. The summed E-state index contributed by atoms with van der Waals surface area (Å²) in [6.45, 7) is 0. The first-order valence-corrected chi connectivity index (χ1v) is 6.01. The lowest BCUT2D eigenvalue weighted by Crippen LogP contribution is -2.32. The van der Waals surface area contributed by atoms with Crippen LogP contribution in [0.2, 0.25) is 0 Å². The molecule has 2 N–H and O–H groups in total. The van der Waals surface area contributed by atoms with Crippen LogP contribution in [0.5, 0.6) is 5.75 Å². The smallest absolute Gasteiger partial charge is 0.340 e. The van der Waals surface area contributed by atoms with Crippen molar-refractivity contribution in [3.8, 4) is 5.75 Å². The fraction of sp³-hybridized carbons (Fsp3) is 0.222. The van der Waals surface area contributed by atoms with Crippen molar-refractivity contribution in [2.45, 2.75) is 12.1 Å². The minimum Gasteiger partial charge on any atom is -0.426 e. The molecule has 0 aliphatic carbocycles. The first-order valence-electron chi connectivity index (χ1n) is 4.33. The minimum atomic E-state index is -4.43. The number of para-hydroxylation sites is 1. The van der Waals surface area contributed by atoms with Crippen LogP contribution in [0.4, 0.5) is 0 Å². The number of benzene rings is 1. The number of esters is 1. The third kappa shape index (κ3) is 1.95.